The number of aromatic nitrogens is 1. The van der Waals surface area contributed by atoms with Gasteiger partial charge in [-0.05, 0) is 70.5 Å². The molecule has 1 aromatic heterocycles. The molecule has 0 aliphatic heterocycles. The van der Waals surface area contributed by atoms with Gasteiger partial charge in [0.15, 0.2) is 5.58 Å². The predicted octanol–water partition coefficient (Wildman–Crippen LogP) is 6.54. The summed E-state index contributed by atoms with van der Waals surface area (Å²) in [6, 6.07) is 17.2. The first-order chi connectivity index (χ1) is 13.9. The molecule has 29 heavy (non-hydrogen) atoms. The molecule has 4 rings (SSSR count). The minimum absolute atomic E-state index is 0.142. The molecule has 0 bridgehead atoms. The highest BCUT2D eigenvalue weighted by molar-refractivity contribution is 9.11. The monoisotopic (exact) mass is 513 g/mol. The lowest BCUT2D eigenvalue weighted by Gasteiger charge is -2.11. The normalized spacial score (nSPS) is 11.4. The number of nitrogens with zero attached hydrogens (tertiary/aromatic N) is 3. The lowest BCUT2D eigenvalue weighted by Crippen LogP contribution is -2.07. The summed E-state index contributed by atoms with van der Waals surface area (Å²) in [5.41, 5.74) is 4.78. The fourth-order valence-electron chi connectivity index (χ4n) is 2.85. The summed E-state index contributed by atoms with van der Waals surface area (Å²) in [7, 11) is 4.01. The average molecular weight is 515 g/mol. The van der Waals surface area contributed by atoms with Gasteiger partial charge in [-0.1, -0.05) is 15.9 Å². The molecule has 4 aromatic rings. The fourth-order valence-corrected chi connectivity index (χ4v) is 4.11. The van der Waals surface area contributed by atoms with E-state index in [-0.39, 0.29) is 5.75 Å². The van der Waals surface area contributed by atoms with Crippen LogP contribution >= 0.6 is 31.9 Å². The molecule has 0 aliphatic carbocycles. The molecule has 146 valence electrons. The third kappa shape index (κ3) is 4.21. The maximum Gasteiger partial charge on any atom is 0.227 e. The summed E-state index contributed by atoms with van der Waals surface area (Å²) in [5.74, 6) is 0.711. The van der Waals surface area contributed by atoms with Gasteiger partial charge in [0.05, 0.1) is 10.2 Å². The molecule has 7 heteroatoms. The number of phenolic OH excluding ortho intramolecular Hbond substituents is 1. The quantitative estimate of drug-likeness (QED) is 0.314. The SMILES string of the molecule is CN(C)c1ccc(-c2nc3cc(N=Cc4cc(Br)cc(Br)c4O)ccc3o2)cc1. The van der Waals surface area contributed by atoms with Gasteiger partial charge in [0.2, 0.25) is 5.89 Å². The first kappa shape index (κ1) is 19.7. The summed E-state index contributed by atoms with van der Waals surface area (Å²) in [4.78, 5) is 11.1. The zero-order valence-corrected chi connectivity index (χ0v) is 18.9. The molecule has 0 atom stereocenters. The number of oxazole rings is 1. The molecule has 0 unspecified atom stereocenters. The van der Waals surface area contributed by atoms with E-state index in [1.165, 1.54) is 0 Å². The minimum atomic E-state index is 0.142. The number of fused-ring (bicyclic) bond motifs is 1. The summed E-state index contributed by atoms with van der Waals surface area (Å²) >= 11 is 6.74. The number of phenols is 1. The van der Waals surface area contributed by atoms with Crippen molar-refractivity contribution in [1.29, 1.82) is 0 Å². The van der Waals surface area contributed by atoms with Gasteiger partial charge in [0, 0.05) is 41.6 Å². The van der Waals surface area contributed by atoms with Gasteiger partial charge in [-0.15, -0.1) is 0 Å². The fraction of sp³-hybridized carbons (Fsp3) is 0.0909. The number of aliphatic imine (C=N–C) groups is 1. The number of anilines is 1. The van der Waals surface area contributed by atoms with E-state index in [0.29, 0.717) is 21.5 Å². The van der Waals surface area contributed by atoms with Crippen molar-refractivity contribution in [1.82, 2.24) is 4.98 Å². The summed E-state index contributed by atoms with van der Waals surface area (Å²) < 4.78 is 7.34. The molecular weight excluding hydrogens is 498 g/mol. The Morgan fingerprint density at radius 2 is 1.79 bits per heavy atom. The molecule has 0 saturated heterocycles. The van der Waals surface area contributed by atoms with Crippen LogP contribution in [0.3, 0.4) is 0 Å². The Bertz CT molecular complexity index is 1210. The average Bonchev–Trinajstić information content (AvgIpc) is 3.13. The molecular formula is C22H17Br2N3O2. The predicted molar refractivity (Wildman–Crippen MR) is 125 cm³/mol. The van der Waals surface area contributed by atoms with Crippen LogP contribution in [0.5, 0.6) is 5.75 Å². The van der Waals surface area contributed by atoms with E-state index in [1.807, 2.05) is 61.5 Å². The Morgan fingerprint density at radius 1 is 1.03 bits per heavy atom. The molecule has 1 heterocycles. The van der Waals surface area contributed by atoms with E-state index in [9.17, 15) is 5.11 Å². The summed E-state index contributed by atoms with van der Waals surface area (Å²) in [6.07, 6.45) is 1.62. The Hall–Kier alpha value is -2.64. The minimum Gasteiger partial charge on any atom is -0.506 e. The van der Waals surface area contributed by atoms with Crippen molar-refractivity contribution in [3.63, 3.8) is 0 Å². The lowest BCUT2D eigenvalue weighted by molar-refractivity contribution is 0.471. The van der Waals surface area contributed by atoms with E-state index in [1.54, 1.807) is 18.3 Å². The van der Waals surface area contributed by atoms with Crippen LogP contribution in [0, 0.1) is 0 Å². The smallest absolute Gasteiger partial charge is 0.227 e. The van der Waals surface area contributed by atoms with Crippen molar-refractivity contribution >= 4 is 60.5 Å². The van der Waals surface area contributed by atoms with Crippen molar-refractivity contribution in [3.05, 3.63) is 69.1 Å². The van der Waals surface area contributed by atoms with Crippen LogP contribution in [0.25, 0.3) is 22.6 Å². The second-order valence-electron chi connectivity index (χ2n) is 6.70. The largest absolute Gasteiger partial charge is 0.506 e. The number of benzene rings is 3. The Kier molecular flexibility index (Phi) is 5.43. The second-order valence-corrected chi connectivity index (χ2v) is 8.47. The second kappa shape index (κ2) is 8.00. The maximum atomic E-state index is 10.2. The molecule has 0 aliphatic rings. The topological polar surface area (TPSA) is 61.9 Å². The van der Waals surface area contributed by atoms with Gasteiger partial charge in [0.1, 0.15) is 11.3 Å². The highest BCUT2D eigenvalue weighted by Gasteiger charge is 2.10. The molecule has 0 fully saturated rings. The van der Waals surface area contributed by atoms with Crippen molar-refractivity contribution in [3.8, 4) is 17.2 Å². The molecule has 1 N–H and O–H groups in total. The maximum absolute atomic E-state index is 10.2. The van der Waals surface area contributed by atoms with Crippen LogP contribution in [0.4, 0.5) is 11.4 Å². The van der Waals surface area contributed by atoms with E-state index in [2.05, 4.69) is 41.8 Å². The van der Waals surface area contributed by atoms with Gasteiger partial charge >= 0.3 is 0 Å². The first-order valence-electron chi connectivity index (χ1n) is 8.81. The number of hydrogen-bond donors (Lipinski definition) is 1. The van der Waals surface area contributed by atoms with Gasteiger partial charge in [-0.25, -0.2) is 4.98 Å². The Labute approximate surface area is 185 Å². The van der Waals surface area contributed by atoms with Gasteiger partial charge in [0.25, 0.3) is 0 Å². The number of aromatic hydroxyl groups is 1. The van der Waals surface area contributed by atoms with E-state index >= 15 is 0 Å². The van der Waals surface area contributed by atoms with Crippen molar-refractivity contribution < 1.29 is 9.52 Å². The number of halogens is 2. The Morgan fingerprint density at radius 3 is 2.52 bits per heavy atom. The lowest BCUT2D eigenvalue weighted by atomic mass is 10.2. The van der Waals surface area contributed by atoms with Crippen molar-refractivity contribution in [2.24, 2.45) is 4.99 Å². The Balaban J connectivity index is 1.63. The zero-order chi connectivity index (χ0) is 20.5. The van der Waals surface area contributed by atoms with Crippen LogP contribution in [0.2, 0.25) is 0 Å². The number of rotatable bonds is 4. The van der Waals surface area contributed by atoms with E-state index < -0.39 is 0 Å². The van der Waals surface area contributed by atoms with Crippen LogP contribution in [0.15, 0.2) is 73.0 Å². The third-order valence-electron chi connectivity index (χ3n) is 4.41. The van der Waals surface area contributed by atoms with Crippen molar-refractivity contribution in [2.75, 3.05) is 19.0 Å². The third-order valence-corrected chi connectivity index (χ3v) is 5.47. The summed E-state index contributed by atoms with van der Waals surface area (Å²) in [5, 5.41) is 10.2. The highest BCUT2D eigenvalue weighted by Crippen LogP contribution is 2.32. The molecule has 3 aromatic carbocycles. The van der Waals surface area contributed by atoms with Crippen LogP contribution < -0.4 is 4.90 Å². The van der Waals surface area contributed by atoms with Crippen LogP contribution in [0.1, 0.15) is 5.56 Å². The van der Waals surface area contributed by atoms with Crippen LogP contribution in [-0.4, -0.2) is 30.4 Å². The molecule has 5 nitrogen and oxygen atoms in total. The van der Waals surface area contributed by atoms with Crippen LogP contribution in [-0.2, 0) is 0 Å². The van der Waals surface area contributed by atoms with Crippen molar-refractivity contribution in [2.45, 2.75) is 0 Å². The first-order valence-corrected chi connectivity index (χ1v) is 10.4. The highest BCUT2D eigenvalue weighted by atomic mass is 79.9. The van der Waals surface area contributed by atoms with E-state index in [4.69, 9.17) is 4.42 Å². The molecule has 0 radical (unpaired) electrons. The standard InChI is InChI=1S/C22H17Br2N3O2/c1-27(2)17-6-3-13(4-7-17)22-26-19-11-16(5-8-20(19)29-22)25-12-14-9-15(23)10-18(24)21(14)28/h3-12,28H,1-2H3. The molecule has 0 amide bonds. The molecule has 0 spiro atoms. The zero-order valence-electron chi connectivity index (χ0n) is 15.7. The summed E-state index contributed by atoms with van der Waals surface area (Å²) in [6.45, 7) is 0. The van der Waals surface area contributed by atoms with Gasteiger partial charge in [-0.2, -0.15) is 0 Å². The number of hydrogen-bond acceptors (Lipinski definition) is 5. The van der Waals surface area contributed by atoms with Gasteiger partial charge < -0.3 is 14.4 Å². The molecule has 0 saturated carbocycles. The van der Waals surface area contributed by atoms with E-state index in [0.717, 1.165) is 26.9 Å². The van der Waals surface area contributed by atoms with Gasteiger partial charge in [-0.3, -0.25) is 4.99 Å².